The normalized spacial score (nSPS) is 32.5. The molecule has 0 aliphatic carbocycles. The van der Waals surface area contributed by atoms with Crippen molar-refractivity contribution in [2.75, 3.05) is 13.1 Å². The van der Waals surface area contributed by atoms with Crippen LogP contribution in [-0.2, 0) is 4.74 Å². The van der Waals surface area contributed by atoms with Crippen molar-refractivity contribution in [2.45, 2.75) is 32.0 Å². The first-order chi connectivity index (χ1) is 8.24. The third-order valence-electron chi connectivity index (χ3n) is 3.76. The van der Waals surface area contributed by atoms with Crippen LogP contribution in [0.4, 0.5) is 0 Å². The molecule has 0 bridgehead atoms. The first-order valence-electron chi connectivity index (χ1n) is 6.21. The Kier molecular flexibility index (Phi) is 2.92. The van der Waals surface area contributed by atoms with Crippen LogP contribution in [0.3, 0.4) is 0 Å². The summed E-state index contributed by atoms with van der Waals surface area (Å²) in [5.74, 6) is 0.727. The first-order valence-corrected chi connectivity index (χ1v) is 7.15. The third kappa shape index (κ3) is 2.11. The second-order valence-corrected chi connectivity index (χ2v) is 5.81. The number of rotatable bonds is 1. The fourth-order valence-electron chi connectivity index (χ4n) is 2.95. The lowest BCUT2D eigenvalue weighted by molar-refractivity contribution is 0.00867. The van der Waals surface area contributed by atoms with E-state index in [1.54, 1.807) is 11.3 Å². The quantitative estimate of drug-likeness (QED) is 0.767. The summed E-state index contributed by atoms with van der Waals surface area (Å²) in [6.07, 6.45) is 2.83. The fraction of sp³-hybridized carbons (Fsp3) is 0.615. The minimum Gasteiger partial charge on any atom is -0.375 e. The van der Waals surface area contributed by atoms with E-state index in [1.165, 1.54) is 0 Å². The van der Waals surface area contributed by atoms with E-state index in [1.807, 2.05) is 21.7 Å². The van der Waals surface area contributed by atoms with Gasteiger partial charge in [0.2, 0.25) is 0 Å². The highest BCUT2D eigenvalue weighted by Gasteiger charge is 2.38. The number of piperidine rings is 1. The number of hydrogen-bond donors (Lipinski definition) is 0. The maximum atomic E-state index is 12.2. The van der Waals surface area contributed by atoms with Crippen molar-refractivity contribution in [1.82, 2.24) is 4.90 Å². The van der Waals surface area contributed by atoms with Crippen LogP contribution in [0.25, 0.3) is 0 Å². The lowest BCUT2D eigenvalue weighted by atomic mass is 9.93. The summed E-state index contributed by atoms with van der Waals surface area (Å²) in [6.45, 7) is 3.83. The van der Waals surface area contributed by atoms with Crippen molar-refractivity contribution in [2.24, 2.45) is 5.92 Å². The van der Waals surface area contributed by atoms with E-state index in [0.717, 1.165) is 31.5 Å². The van der Waals surface area contributed by atoms with Gasteiger partial charge in [0.25, 0.3) is 5.91 Å². The van der Waals surface area contributed by atoms with Crippen LogP contribution in [0.2, 0.25) is 0 Å². The van der Waals surface area contributed by atoms with Gasteiger partial charge in [-0.15, -0.1) is 0 Å². The van der Waals surface area contributed by atoms with E-state index in [2.05, 4.69) is 6.92 Å². The fourth-order valence-corrected chi connectivity index (χ4v) is 3.58. The Labute approximate surface area is 105 Å². The van der Waals surface area contributed by atoms with Gasteiger partial charge in [0.05, 0.1) is 17.8 Å². The molecule has 3 heterocycles. The second-order valence-electron chi connectivity index (χ2n) is 5.03. The van der Waals surface area contributed by atoms with Crippen LogP contribution in [0, 0.1) is 5.92 Å². The van der Waals surface area contributed by atoms with Crippen molar-refractivity contribution < 1.29 is 9.53 Å². The minimum atomic E-state index is 0.184. The number of carbonyl (C=O) groups excluding carboxylic acids is 1. The van der Waals surface area contributed by atoms with Crippen molar-refractivity contribution in [1.29, 1.82) is 0 Å². The zero-order valence-electron chi connectivity index (χ0n) is 9.96. The molecule has 0 unspecified atom stereocenters. The molecule has 2 aliphatic rings. The Hall–Kier alpha value is -0.870. The van der Waals surface area contributed by atoms with Gasteiger partial charge in [-0.05, 0) is 31.2 Å². The van der Waals surface area contributed by atoms with E-state index in [-0.39, 0.29) is 5.91 Å². The second kappa shape index (κ2) is 4.42. The van der Waals surface area contributed by atoms with Gasteiger partial charge in [-0.2, -0.15) is 11.3 Å². The molecular weight excluding hydrogens is 234 g/mol. The van der Waals surface area contributed by atoms with Gasteiger partial charge in [0.15, 0.2) is 0 Å². The molecule has 2 aliphatic heterocycles. The molecule has 0 aromatic carbocycles. The average Bonchev–Trinajstić information content (AvgIpc) is 2.94. The molecule has 4 heteroatoms. The molecule has 0 N–H and O–H groups in total. The summed E-state index contributed by atoms with van der Waals surface area (Å²) in [4.78, 5) is 14.2. The third-order valence-corrected chi connectivity index (χ3v) is 4.44. The zero-order chi connectivity index (χ0) is 11.8. The number of hydrogen-bond acceptors (Lipinski definition) is 3. The average molecular weight is 251 g/mol. The van der Waals surface area contributed by atoms with Crippen LogP contribution < -0.4 is 0 Å². The molecule has 1 aromatic heterocycles. The molecule has 0 spiro atoms. The van der Waals surface area contributed by atoms with Crippen molar-refractivity contribution in [3.05, 3.63) is 22.4 Å². The minimum absolute atomic E-state index is 0.184. The zero-order valence-corrected chi connectivity index (χ0v) is 10.8. The largest absolute Gasteiger partial charge is 0.375 e. The van der Waals surface area contributed by atoms with Gasteiger partial charge in [0, 0.05) is 24.4 Å². The molecule has 3 rings (SSSR count). The van der Waals surface area contributed by atoms with Crippen LogP contribution in [-0.4, -0.2) is 36.1 Å². The van der Waals surface area contributed by atoms with Crippen LogP contribution >= 0.6 is 11.3 Å². The van der Waals surface area contributed by atoms with E-state index in [4.69, 9.17) is 4.74 Å². The van der Waals surface area contributed by atoms with Crippen molar-refractivity contribution in [3.63, 3.8) is 0 Å². The van der Waals surface area contributed by atoms with Gasteiger partial charge in [-0.3, -0.25) is 4.79 Å². The summed E-state index contributed by atoms with van der Waals surface area (Å²) >= 11 is 1.58. The molecule has 3 nitrogen and oxygen atoms in total. The van der Waals surface area contributed by atoms with Crippen molar-refractivity contribution in [3.8, 4) is 0 Å². The summed E-state index contributed by atoms with van der Waals surface area (Å²) in [5, 5.41) is 3.89. The highest BCUT2D eigenvalue weighted by atomic mass is 32.1. The highest BCUT2D eigenvalue weighted by Crippen LogP contribution is 2.33. The smallest absolute Gasteiger partial charge is 0.254 e. The van der Waals surface area contributed by atoms with Gasteiger partial charge >= 0.3 is 0 Å². The predicted molar refractivity (Wildman–Crippen MR) is 67.3 cm³/mol. The Morgan fingerprint density at radius 1 is 1.59 bits per heavy atom. The number of thiophene rings is 1. The summed E-state index contributed by atoms with van der Waals surface area (Å²) in [5.41, 5.74) is 0.834. The van der Waals surface area contributed by atoms with Crippen LogP contribution in [0.15, 0.2) is 16.8 Å². The number of carbonyl (C=O) groups is 1. The van der Waals surface area contributed by atoms with Gasteiger partial charge in [-0.1, -0.05) is 0 Å². The Morgan fingerprint density at radius 3 is 3.24 bits per heavy atom. The first kappa shape index (κ1) is 11.2. The van der Waals surface area contributed by atoms with Crippen molar-refractivity contribution >= 4 is 17.2 Å². The number of ether oxygens (including phenoxy) is 1. The molecule has 2 fully saturated rings. The maximum absolute atomic E-state index is 12.2. The standard InChI is InChI=1S/C13H17NO2S/c1-9-6-11-7-14(4-2-12(11)16-9)13(15)10-3-5-17-8-10/h3,5,8-9,11-12H,2,4,6-7H2,1H3/t9-,11-,12-/m1/s1. The molecule has 92 valence electrons. The number of likely N-dealkylation sites (tertiary alicyclic amines) is 1. The summed E-state index contributed by atoms with van der Waals surface area (Å²) in [6, 6.07) is 1.91. The molecular formula is C13H17NO2S. The van der Waals surface area contributed by atoms with Crippen LogP contribution in [0.1, 0.15) is 30.1 Å². The molecule has 0 radical (unpaired) electrons. The monoisotopic (exact) mass is 251 g/mol. The summed E-state index contributed by atoms with van der Waals surface area (Å²) < 4.78 is 5.85. The summed E-state index contributed by atoms with van der Waals surface area (Å²) in [7, 11) is 0. The van der Waals surface area contributed by atoms with Crippen LogP contribution in [0.5, 0.6) is 0 Å². The van der Waals surface area contributed by atoms with Gasteiger partial charge in [0.1, 0.15) is 0 Å². The topological polar surface area (TPSA) is 29.5 Å². The van der Waals surface area contributed by atoms with E-state index >= 15 is 0 Å². The van der Waals surface area contributed by atoms with Gasteiger partial charge in [-0.25, -0.2) is 0 Å². The Morgan fingerprint density at radius 2 is 2.47 bits per heavy atom. The maximum Gasteiger partial charge on any atom is 0.254 e. The lowest BCUT2D eigenvalue weighted by Gasteiger charge is -2.33. The van der Waals surface area contributed by atoms with E-state index in [9.17, 15) is 4.79 Å². The molecule has 0 saturated carbocycles. The molecule has 2 saturated heterocycles. The molecule has 1 amide bonds. The Balaban J connectivity index is 1.69. The van der Waals surface area contributed by atoms with E-state index in [0.29, 0.717) is 18.1 Å². The highest BCUT2D eigenvalue weighted by molar-refractivity contribution is 7.08. The molecule has 1 aromatic rings. The number of fused-ring (bicyclic) bond motifs is 1. The molecule has 3 atom stereocenters. The number of nitrogens with zero attached hydrogens (tertiary/aromatic N) is 1. The Bertz CT molecular complexity index is 404. The van der Waals surface area contributed by atoms with E-state index < -0.39 is 0 Å². The SMILES string of the molecule is C[C@@H]1C[C@@H]2CN(C(=O)c3ccsc3)CC[C@H]2O1. The lowest BCUT2D eigenvalue weighted by Crippen LogP contribution is -2.44. The molecule has 17 heavy (non-hydrogen) atoms. The number of amides is 1. The predicted octanol–water partition coefficient (Wildman–Crippen LogP) is 2.39. The van der Waals surface area contributed by atoms with Gasteiger partial charge < -0.3 is 9.64 Å².